The topological polar surface area (TPSA) is 119 Å². The molecule has 3 N–H and O–H groups in total. The first-order valence-corrected chi connectivity index (χ1v) is 4.57. The number of amides is 2. The van der Waals surface area contributed by atoms with Crippen LogP contribution < -0.4 is 16.0 Å². The molecule has 0 fully saturated rings. The lowest BCUT2D eigenvalue weighted by atomic mass is 10.2. The van der Waals surface area contributed by atoms with Crippen LogP contribution in [0, 0.1) is 0 Å². The Labute approximate surface area is 92.1 Å². The van der Waals surface area contributed by atoms with Gasteiger partial charge in [-0.25, -0.2) is 0 Å². The van der Waals surface area contributed by atoms with Crippen LogP contribution in [0.1, 0.15) is 19.8 Å². The lowest BCUT2D eigenvalue weighted by molar-refractivity contribution is -0.297. The highest BCUT2D eigenvalue weighted by Crippen LogP contribution is 1.94. The average molecular weight is 229 g/mol. The van der Waals surface area contributed by atoms with Crippen molar-refractivity contribution >= 4 is 17.8 Å². The van der Waals surface area contributed by atoms with E-state index in [0.717, 1.165) is 0 Å². The summed E-state index contributed by atoms with van der Waals surface area (Å²) in [6, 6.07) is 0. The minimum Gasteiger partial charge on any atom is -0.545 e. The fourth-order valence-electron chi connectivity index (χ4n) is 0.719. The molecular weight excluding hydrogens is 216 g/mol. The number of nitrogens with one attached hydrogen (secondary N) is 2. The average Bonchev–Trinajstić information content (AvgIpc) is 2.20. The Morgan fingerprint density at radius 3 is 2.44 bits per heavy atom. The van der Waals surface area contributed by atoms with Gasteiger partial charge in [0.2, 0.25) is 5.91 Å². The fourth-order valence-corrected chi connectivity index (χ4v) is 0.719. The van der Waals surface area contributed by atoms with Crippen molar-refractivity contribution in [2.45, 2.75) is 25.9 Å². The molecule has 0 radical (unpaired) electrons. The molecule has 0 bridgehead atoms. The lowest BCUT2D eigenvalue weighted by Gasteiger charge is -2.06. The number of carboxylic acid groups (broad SMARTS) is 1. The summed E-state index contributed by atoms with van der Waals surface area (Å²) in [5, 5.41) is 18.8. The number of carbonyl (C=O) groups is 3. The number of hydrogen-bond acceptors (Lipinski definition) is 5. The van der Waals surface area contributed by atoms with Gasteiger partial charge in [-0.3, -0.25) is 20.4 Å². The van der Waals surface area contributed by atoms with Gasteiger partial charge in [0, 0.05) is 12.5 Å². The third-order valence-corrected chi connectivity index (χ3v) is 1.49. The van der Waals surface area contributed by atoms with Gasteiger partial charge in [0.15, 0.2) is 0 Å². The molecule has 0 aliphatic carbocycles. The molecule has 0 saturated carbocycles. The molecular formula is C9H13N2O5-. The number of hydrazine groups is 1. The van der Waals surface area contributed by atoms with Gasteiger partial charge in [0.25, 0.3) is 5.91 Å². The monoisotopic (exact) mass is 229 g/mol. The molecule has 0 aromatic carbocycles. The van der Waals surface area contributed by atoms with Crippen molar-refractivity contribution in [2.75, 3.05) is 0 Å². The van der Waals surface area contributed by atoms with E-state index in [1.165, 1.54) is 6.92 Å². The molecule has 0 heterocycles. The van der Waals surface area contributed by atoms with Crippen molar-refractivity contribution in [3.05, 3.63) is 12.2 Å². The van der Waals surface area contributed by atoms with E-state index in [-0.39, 0.29) is 12.8 Å². The molecule has 0 rings (SSSR count). The van der Waals surface area contributed by atoms with E-state index in [4.69, 9.17) is 5.11 Å². The van der Waals surface area contributed by atoms with Crippen LogP contribution in [0.2, 0.25) is 0 Å². The van der Waals surface area contributed by atoms with Gasteiger partial charge in [-0.05, 0) is 19.4 Å². The van der Waals surface area contributed by atoms with Gasteiger partial charge >= 0.3 is 0 Å². The summed E-state index contributed by atoms with van der Waals surface area (Å²) in [5.41, 5.74) is 4.01. The minimum atomic E-state index is -1.50. The molecule has 0 saturated heterocycles. The van der Waals surface area contributed by atoms with Gasteiger partial charge in [-0.1, -0.05) is 0 Å². The summed E-state index contributed by atoms with van der Waals surface area (Å²) < 4.78 is 0. The Morgan fingerprint density at radius 2 is 1.94 bits per heavy atom. The van der Waals surface area contributed by atoms with Crippen molar-refractivity contribution in [1.82, 2.24) is 10.9 Å². The zero-order valence-corrected chi connectivity index (χ0v) is 8.73. The summed E-state index contributed by atoms with van der Waals surface area (Å²) in [5.74, 6) is -2.76. The van der Waals surface area contributed by atoms with Crippen LogP contribution in [0.15, 0.2) is 12.2 Å². The molecule has 16 heavy (non-hydrogen) atoms. The number of aliphatic carboxylic acids is 1. The Bertz CT molecular complexity index is 298. The molecule has 0 aromatic heterocycles. The second-order valence-electron chi connectivity index (χ2n) is 3.08. The SMILES string of the molecule is C[C@@H](O)CCC(=O)NNC(=O)C=CC(=O)[O-]. The largest absolute Gasteiger partial charge is 0.545 e. The van der Waals surface area contributed by atoms with Crippen LogP contribution in [0.5, 0.6) is 0 Å². The molecule has 0 aliphatic rings. The quantitative estimate of drug-likeness (QED) is 0.359. The number of carbonyl (C=O) groups excluding carboxylic acids is 3. The number of carboxylic acids is 1. The predicted molar refractivity (Wildman–Crippen MR) is 51.3 cm³/mol. The summed E-state index contributed by atoms with van der Waals surface area (Å²) in [6.07, 6.45) is 0.986. The minimum absolute atomic E-state index is 0.0577. The Balaban J connectivity index is 3.75. The number of aliphatic hydroxyl groups is 1. The van der Waals surface area contributed by atoms with Crippen molar-refractivity contribution in [2.24, 2.45) is 0 Å². The maximum Gasteiger partial charge on any atom is 0.262 e. The van der Waals surface area contributed by atoms with Gasteiger partial charge in [0.1, 0.15) is 0 Å². The second-order valence-corrected chi connectivity index (χ2v) is 3.08. The molecule has 7 heteroatoms. The summed E-state index contributed by atoms with van der Waals surface area (Å²) in [6.45, 7) is 1.54. The standard InChI is InChI=1S/C9H14N2O5/c1-6(12)2-3-7(13)10-11-8(14)4-5-9(15)16/h4-6,12H,2-3H2,1H3,(H,10,13)(H,11,14)(H,15,16)/p-1/t6-/m1/s1. The van der Waals surface area contributed by atoms with E-state index in [2.05, 4.69) is 0 Å². The molecule has 7 nitrogen and oxygen atoms in total. The third kappa shape index (κ3) is 8.70. The zero-order chi connectivity index (χ0) is 12.6. The maximum atomic E-state index is 11.0. The molecule has 0 unspecified atom stereocenters. The van der Waals surface area contributed by atoms with E-state index < -0.39 is 23.9 Å². The van der Waals surface area contributed by atoms with Crippen LogP contribution in [0.25, 0.3) is 0 Å². The number of aliphatic hydroxyl groups excluding tert-OH is 1. The smallest absolute Gasteiger partial charge is 0.262 e. The summed E-state index contributed by atoms with van der Waals surface area (Å²) in [4.78, 5) is 31.8. The van der Waals surface area contributed by atoms with E-state index in [1.54, 1.807) is 0 Å². The predicted octanol–water partition coefficient (Wildman–Crippen LogP) is -2.40. The van der Waals surface area contributed by atoms with Gasteiger partial charge in [0.05, 0.1) is 12.1 Å². The molecule has 0 aromatic rings. The number of hydrogen-bond donors (Lipinski definition) is 3. The van der Waals surface area contributed by atoms with Crippen LogP contribution in [-0.4, -0.2) is 29.0 Å². The van der Waals surface area contributed by atoms with Crippen LogP contribution >= 0.6 is 0 Å². The van der Waals surface area contributed by atoms with E-state index in [1.807, 2.05) is 10.9 Å². The van der Waals surface area contributed by atoms with E-state index in [0.29, 0.717) is 12.2 Å². The van der Waals surface area contributed by atoms with Gasteiger partial charge in [-0.2, -0.15) is 0 Å². The highest BCUT2D eigenvalue weighted by Gasteiger charge is 2.04. The van der Waals surface area contributed by atoms with Crippen LogP contribution in [-0.2, 0) is 14.4 Å². The third-order valence-electron chi connectivity index (χ3n) is 1.49. The maximum absolute atomic E-state index is 11.0. The van der Waals surface area contributed by atoms with Crippen molar-refractivity contribution in [3.8, 4) is 0 Å². The molecule has 0 spiro atoms. The molecule has 1 atom stereocenters. The van der Waals surface area contributed by atoms with Crippen molar-refractivity contribution in [1.29, 1.82) is 0 Å². The van der Waals surface area contributed by atoms with E-state index in [9.17, 15) is 19.5 Å². The first-order valence-electron chi connectivity index (χ1n) is 4.57. The first-order chi connectivity index (χ1) is 7.41. The van der Waals surface area contributed by atoms with Crippen LogP contribution in [0.4, 0.5) is 0 Å². The second kappa shape index (κ2) is 7.41. The Morgan fingerprint density at radius 1 is 1.31 bits per heavy atom. The van der Waals surface area contributed by atoms with Gasteiger partial charge < -0.3 is 15.0 Å². The van der Waals surface area contributed by atoms with E-state index >= 15 is 0 Å². The highest BCUT2D eigenvalue weighted by atomic mass is 16.4. The summed E-state index contributed by atoms with van der Waals surface area (Å²) >= 11 is 0. The number of rotatable bonds is 5. The normalized spacial score (nSPS) is 12.1. The molecule has 90 valence electrons. The van der Waals surface area contributed by atoms with Gasteiger partial charge in [-0.15, -0.1) is 0 Å². The highest BCUT2D eigenvalue weighted by molar-refractivity contribution is 5.94. The van der Waals surface area contributed by atoms with Crippen molar-refractivity contribution in [3.63, 3.8) is 0 Å². The Hall–Kier alpha value is -1.89. The van der Waals surface area contributed by atoms with Crippen molar-refractivity contribution < 1.29 is 24.6 Å². The summed E-state index contributed by atoms with van der Waals surface area (Å²) in [7, 11) is 0. The Kier molecular flexibility index (Phi) is 6.53. The van der Waals surface area contributed by atoms with Crippen LogP contribution in [0.3, 0.4) is 0 Å². The zero-order valence-electron chi connectivity index (χ0n) is 8.73. The molecule has 2 amide bonds. The first kappa shape index (κ1) is 14.1. The fraction of sp³-hybridized carbons (Fsp3) is 0.444. The molecule has 0 aliphatic heterocycles. The lowest BCUT2D eigenvalue weighted by Crippen LogP contribution is -2.41.